The van der Waals surface area contributed by atoms with Gasteiger partial charge in [0.2, 0.25) is 0 Å². The number of carboxylic acids is 1. The molecule has 2 aromatic heterocycles. The number of hydrogen-bond acceptors (Lipinski definition) is 5. The van der Waals surface area contributed by atoms with Crippen molar-refractivity contribution in [2.75, 3.05) is 18.5 Å². The predicted molar refractivity (Wildman–Crippen MR) is 75.4 cm³/mol. The molecule has 2 rings (SSSR count). The van der Waals surface area contributed by atoms with Crippen molar-refractivity contribution in [3.8, 4) is 0 Å². The van der Waals surface area contributed by atoms with Crippen LogP contribution in [0.1, 0.15) is 14.5 Å². The molecule has 0 amide bonds. The number of nitrogens with zero attached hydrogens (tertiary/aromatic N) is 2. The minimum Gasteiger partial charge on any atom is -0.477 e. The Hall–Kier alpha value is -1.11. The van der Waals surface area contributed by atoms with E-state index in [2.05, 4.69) is 11.1 Å². The first-order valence-corrected chi connectivity index (χ1v) is 7.28. The Balaban J connectivity index is 2.02. The van der Waals surface area contributed by atoms with Gasteiger partial charge in [-0.2, -0.15) is 0 Å². The first-order chi connectivity index (χ1) is 8.58. The van der Waals surface area contributed by atoms with Gasteiger partial charge >= 0.3 is 5.97 Å². The lowest BCUT2D eigenvalue weighted by Crippen LogP contribution is -2.19. The number of carboxylic acid groups (broad SMARTS) is 1. The highest BCUT2D eigenvalue weighted by Gasteiger charge is 2.17. The number of carbonyl (C=O) groups is 1. The van der Waals surface area contributed by atoms with Gasteiger partial charge in [0.25, 0.3) is 0 Å². The average Bonchev–Trinajstić information content (AvgIpc) is 2.94. The van der Waals surface area contributed by atoms with Gasteiger partial charge in [-0.15, -0.1) is 11.3 Å². The van der Waals surface area contributed by atoms with Crippen LogP contribution in [-0.2, 0) is 6.42 Å². The lowest BCUT2D eigenvalue weighted by Gasteiger charge is -2.14. The van der Waals surface area contributed by atoms with E-state index in [1.807, 2.05) is 23.4 Å². The summed E-state index contributed by atoms with van der Waals surface area (Å²) in [6.45, 7) is 0.781. The van der Waals surface area contributed by atoms with Crippen LogP contribution in [0.15, 0.2) is 17.5 Å². The minimum atomic E-state index is -1.03. The van der Waals surface area contributed by atoms with E-state index in [4.69, 9.17) is 16.7 Å². The SMILES string of the molecule is CN(CCc1cccs1)c1nc(Cl)c(C(=O)O)s1. The molecule has 0 aliphatic heterocycles. The van der Waals surface area contributed by atoms with Crippen molar-refractivity contribution >= 4 is 45.4 Å². The molecule has 0 saturated heterocycles. The van der Waals surface area contributed by atoms with Crippen molar-refractivity contribution in [3.63, 3.8) is 0 Å². The Bertz CT molecular complexity index is 539. The van der Waals surface area contributed by atoms with E-state index in [0.29, 0.717) is 5.13 Å². The summed E-state index contributed by atoms with van der Waals surface area (Å²) >= 11 is 8.59. The van der Waals surface area contributed by atoms with Crippen LogP contribution in [0.25, 0.3) is 0 Å². The fourth-order valence-electron chi connectivity index (χ4n) is 1.41. The summed E-state index contributed by atoms with van der Waals surface area (Å²) in [5.41, 5.74) is 0. The zero-order chi connectivity index (χ0) is 13.1. The molecule has 1 N–H and O–H groups in total. The smallest absolute Gasteiger partial charge is 0.349 e. The van der Waals surface area contributed by atoms with Crippen molar-refractivity contribution in [2.24, 2.45) is 0 Å². The molecule has 0 bridgehead atoms. The Kier molecular flexibility index (Phi) is 4.21. The molecule has 18 heavy (non-hydrogen) atoms. The second kappa shape index (κ2) is 5.69. The molecule has 2 aromatic rings. The summed E-state index contributed by atoms with van der Waals surface area (Å²) in [6, 6.07) is 4.10. The summed E-state index contributed by atoms with van der Waals surface area (Å²) in [4.78, 5) is 18.2. The molecule has 0 unspecified atom stereocenters. The van der Waals surface area contributed by atoms with Gasteiger partial charge < -0.3 is 10.0 Å². The monoisotopic (exact) mass is 302 g/mol. The maximum atomic E-state index is 10.9. The number of aromatic nitrogens is 1. The van der Waals surface area contributed by atoms with Crippen LogP contribution in [-0.4, -0.2) is 29.7 Å². The zero-order valence-corrected chi connectivity index (χ0v) is 12.0. The van der Waals surface area contributed by atoms with E-state index < -0.39 is 5.97 Å². The van der Waals surface area contributed by atoms with Crippen LogP contribution in [0.3, 0.4) is 0 Å². The summed E-state index contributed by atoms with van der Waals surface area (Å²) in [6.07, 6.45) is 0.910. The van der Waals surface area contributed by atoms with Gasteiger partial charge in [0, 0.05) is 18.5 Å². The quantitative estimate of drug-likeness (QED) is 0.921. The Morgan fingerprint density at radius 1 is 1.61 bits per heavy atom. The predicted octanol–water partition coefficient (Wildman–Crippen LogP) is 3.24. The van der Waals surface area contributed by atoms with E-state index in [9.17, 15) is 4.79 Å². The molecule has 0 aliphatic rings. The van der Waals surface area contributed by atoms with Crippen LogP contribution in [0, 0.1) is 0 Å². The molecule has 2 heterocycles. The van der Waals surface area contributed by atoms with Crippen molar-refractivity contribution < 1.29 is 9.90 Å². The van der Waals surface area contributed by atoms with Gasteiger partial charge in [0.1, 0.15) is 0 Å². The molecule has 0 spiro atoms. The van der Waals surface area contributed by atoms with Crippen LogP contribution < -0.4 is 4.90 Å². The Morgan fingerprint density at radius 3 is 2.94 bits per heavy atom. The van der Waals surface area contributed by atoms with E-state index in [-0.39, 0.29) is 10.0 Å². The van der Waals surface area contributed by atoms with Gasteiger partial charge in [0.05, 0.1) is 0 Å². The first kappa shape index (κ1) is 13.3. The number of thiophene rings is 1. The lowest BCUT2D eigenvalue weighted by atomic mass is 10.3. The molecule has 0 atom stereocenters. The Morgan fingerprint density at radius 2 is 2.39 bits per heavy atom. The van der Waals surface area contributed by atoms with Crippen molar-refractivity contribution in [1.82, 2.24) is 4.98 Å². The highest BCUT2D eigenvalue weighted by molar-refractivity contribution is 7.18. The third kappa shape index (κ3) is 3.01. The molecule has 0 aliphatic carbocycles. The summed E-state index contributed by atoms with van der Waals surface area (Å²) in [7, 11) is 1.88. The Labute approximate surface area is 117 Å². The van der Waals surface area contributed by atoms with Crippen LogP contribution >= 0.6 is 34.3 Å². The highest BCUT2D eigenvalue weighted by Crippen LogP contribution is 2.29. The average molecular weight is 303 g/mol. The van der Waals surface area contributed by atoms with E-state index in [1.165, 1.54) is 4.88 Å². The third-order valence-corrected chi connectivity index (χ3v) is 4.85. The van der Waals surface area contributed by atoms with Gasteiger partial charge in [0.15, 0.2) is 15.2 Å². The van der Waals surface area contributed by atoms with Gasteiger partial charge in [-0.1, -0.05) is 29.0 Å². The first-order valence-electron chi connectivity index (χ1n) is 5.21. The van der Waals surface area contributed by atoms with Gasteiger partial charge in [-0.05, 0) is 17.9 Å². The van der Waals surface area contributed by atoms with E-state index in [1.54, 1.807) is 11.3 Å². The molecule has 7 heteroatoms. The van der Waals surface area contributed by atoms with Gasteiger partial charge in [-0.25, -0.2) is 9.78 Å². The van der Waals surface area contributed by atoms with Crippen LogP contribution in [0.4, 0.5) is 5.13 Å². The topological polar surface area (TPSA) is 53.4 Å². The third-order valence-electron chi connectivity index (χ3n) is 2.37. The van der Waals surface area contributed by atoms with Crippen LogP contribution in [0.5, 0.6) is 0 Å². The fraction of sp³-hybridized carbons (Fsp3) is 0.273. The molecular weight excluding hydrogens is 292 g/mol. The van der Waals surface area contributed by atoms with Crippen molar-refractivity contribution in [2.45, 2.75) is 6.42 Å². The van der Waals surface area contributed by atoms with E-state index >= 15 is 0 Å². The highest BCUT2D eigenvalue weighted by atomic mass is 35.5. The number of halogens is 1. The number of likely N-dealkylation sites (N-methyl/N-ethyl adjacent to an activating group) is 1. The van der Waals surface area contributed by atoms with Crippen molar-refractivity contribution in [3.05, 3.63) is 32.4 Å². The van der Waals surface area contributed by atoms with Crippen molar-refractivity contribution in [1.29, 1.82) is 0 Å². The zero-order valence-electron chi connectivity index (χ0n) is 9.59. The maximum Gasteiger partial charge on any atom is 0.349 e. The summed E-state index contributed by atoms with van der Waals surface area (Å²) < 4.78 is 0. The number of aromatic carboxylic acids is 1. The normalized spacial score (nSPS) is 10.6. The maximum absolute atomic E-state index is 10.9. The van der Waals surface area contributed by atoms with Gasteiger partial charge in [-0.3, -0.25) is 0 Å². The standard InChI is InChI=1S/C11H11ClN2O2S2/c1-14(5-4-7-3-2-6-17-7)11-13-9(12)8(18-11)10(15)16/h2-3,6H,4-5H2,1H3,(H,15,16). The number of hydrogen-bond donors (Lipinski definition) is 1. The van der Waals surface area contributed by atoms with Crippen LogP contribution in [0.2, 0.25) is 5.15 Å². The van der Waals surface area contributed by atoms with E-state index in [0.717, 1.165) is 24.3 Å². The second-order valence-electron chi connectivity index (χ2n) is 3.67. The molecule has 0 radical (unpaired) electrons. The minimum absolute atomic E-state index is 0.0606. The number of thiazole rings is 1. The molecule has 0 saturated carbocycles. The largest absolute Gasteiger partial charge is 0.477 e. The summed E-state index contributed by atoms with van der Waals surface area (Å²) in [5.74, 6) is -1.03. The molecule has 4 nitrogen and oxygen atoms in total. The molecule has 0 fully saturated rings. The number of rotatable bonds is 5. The lowest BCUT2D eigenvalue weighted by molar-refractivity contribution is 0.0702. The molecule has 0 aromatic carbocycles. The fourth-order valence-corrected chi connectivity index (χ4v) is 3.22. The molecule has 96 valence electrons. The molecular formula is C11H11ClN2O2S2. The number of anilines is 1. The summed E-state index contributed by atoms with van der Waals surface area (Å²) in [5, 5.41) is 11.6. The second-order valence-corrected chi connectivity index (χ2v) is 6.04.